The first kappa shape index (κ1) is 17.9. The summed E-state index contributed by atoms with van der Waals surface area (Å²) in [5.41, 5.74) is 1.10. The summed E-state index contributed by atoms with van der Waals surface area (Å²) in [7, 11) is 0. The van der Waals surface area contributed by atoms with Crippen LogP contribution in [0.4, 0.5) is 10.5 Å². The number of anilines is 1. The lowest BCUT2D eigenvalue weighted by atomic mass is 9.91. The van der Waals surface area contributed by atoms with E-state index in [1.165, 1.54) is 0 Å². The fourth-order valence-electron chi connectivity index (χ4n) is 3.73. The number of hydrogen-bond acceptors (Lipinski definition) is 3. The highest BCUT2D eigenvalue weighted by molar-refractivity contribution is 6.30. The van der Waals surface area contributed by atoms with Gasteiger partial charge in [0.25, 0.3) is 0 Å². The summed E-state index contributed by atoms with van der Waals surface area (Å²) in [4.78, 5) is 27.7. The number of rotatable bonds is 3. The van der Waals surface area contributed by atoms with Gasteiger partial charge < -0.3 is 20.2 Å². The molecule has 0 saturated carbocycles. The average molecular weight is 366 g/mol. The zero-order valence-electron chi connectivity index (χ0n) is 14.3. The Morgan fingerprint density at radius 3 is 2.60 bits per heavy atom. The lowest BCUT2D eigenvalue weighted by Crippen LogP contribution is -2.52. The zero-order chi connectivity index (χ0) is 18.0. The van der Waals surface area contributed by atoms with Crippen molar-refractivity contribution in [2.45, 2.75) is 25.8 Å². The summed E-state index contributed by atoms with van der Waals surface area (Å²) in [6.07, 6.45) is 1.51. The van der Waals surface area contributed by atoms with Gasteiger partial charge in [-0.25, -0.2) is 4.79 Å². The van der Waals surface area contributed by atoms with Crippen LogP contribution in [-0.4, -0.2) is 54.2 Å². The Bertz CT molecular complexity index is 637. The second-order valence-electron chi connectivity index (χ2n) is 7.14. The number of carbonyl (C=O) groups is 2. The third-order valence-corrected chi connectivity index (χ3v) is 5.26. The molecule has 3 rings (SSSR count). The minimum absolute atomic E-state index is 0.0729. The number of nitrogens with one attached hydrogen (secondary N) is 1. The van der Waals surface area contributed by atoms with Crippen LogP contribution >= 0.6 is 11.6 Å². The Labute approximate surface area is 152 Å². The molecule has 2 amide bonds. The number of amides is 2. The minimum atomic E-state index is -0.820. The molecule has 6 nitrogen and oxygen atoms in total. The molecule has 0 spiro atoms. The molecule has 25 heavy (non-hydrogen) atoms. The van der Waals surface area contributed by atoms with Gasteiger partial charge in [0.15, 0.2) is 0 Å². The normalized spacial score (nSPS) is 26.6. The molecule has 1 aromatic rings. The molecule has 0 aliphatic carbocycles. The standard InChI is InChI=1S/C18H24ClN3O3/c1-12-8-13(17(23)24)10-22(9-12)18(25)20-15-6-7-21(11-15)16-4-2-14(19)3-5-16/h2-5,12-13,15H,6-11H2,1H3,(H,20,25)(H,23,24). The van der Waals surface area contributed by atoms with E-state index >= 15 is 0 Å². The van der Waals surface area contributed by atoms with Crippen molar-refractivity contribution in [2.75, 3.05) is 31.1 Å². The Morgan fingerprint density at radius 1 is 1.20 bits per heavy atom. The molecule has 0 bridgehead atoms. The first-order valence-corrected chi connectivity index (χ1v) is 9.09. The van der Waals surface area contributed by atoms with Gasteiger partial charge in [-0.05, 0) is 43.0 Å². The smallest absolute Gasteiger partial charge is 0.317 e. The molecular formula is C18H24ClN3O3. The molecule has 2 heterocycles. The summed E-state index contributed by atoms with van der Waals surface area (Å²) in [5, 5.41) is 13.0. The molecule has 2 N–H and O–H groups in total. The van der Waals surface area contributed by atoms with Crippen LogP contribution in [0.5, 0.6) is 0 Å². The fourth-order valence-corrected chi connectivity index (χ4v) is 3.85. The van der Waals surface area contributed by atoms with Gasteiger partial charge in [-0.3, -0.25) is 4.79 Å². The van der Waals surface area contributed by atoms with Crippen molar-refractivity contribution in [1.82, 2.24) is 10.2 Å². The van der Waals surface area contributed by atoms with Gasteiger partial charge in [-0.15, -0.1) is 0 Å². The Balaban J connectivity index is 1.55. The molecule has 7 heteroatoms. The van der Waals surface area contributed by atoms with E-state index in [0.29, 0.717) is 24.5 Å². The van der Waals surface area contributed by atoms with Gasteiger partial charge in [-0.1, -0.05) is 18.5 Å². The summed E-state index contributed by atoms with van der Waals surface area (Å²) in [6, 6.07) is 7.62. The quantitative estimate of drug-likeness (QED) is 0.863. The molecule has 2 saturated heterocycles. The maximum absolute atomic E-state index is 12.5. The number of piperidine rings is 1. The molecule has 3 atom stereocenters. The molecule has 1 aromatic carbocycles. The SMILES string of the molecule is CC1CC(C(=O)O)CN(C(=O)NC2CCN(c3ccc(Cl)cc3)C2)C1. The maximum atomic E-state index is 12.5. The van der Waals surface area contributed by atoms with Crippen molar-refractivity contribution < 1.29 is 14.7 Å². The highest BCUT2D eigenvalue weighted by atomic mass is 35.5. The van der Waals surface area contributed by atoms with Crippen LogP contribution in [0.2, 0.25) is 5.02 Å². The molecule has 2 aliphatic heterocycles. The third-order valence-electron chi connectivity index (χ3n) is 5.00. The number of aliphatic carboxylic acids is 1. The molecular weight excluding hydrogens is 342 g/mol. The highest BCUT2D eigenvalue weighted by Gasteiger charge is 2.33. The first-order valence-electron chi connectivity index (χ1n) is 8.71. The maximum Gasteiger partial charge on any atom is 0.317 e. The highest BCUT2D eigenvalue weighted by Crippen LogP contribution is 2.24. The summed E-state index contributed by atoms with van der Waals surface area (Å²) in [6.45, 7) is 4.52. The molecule has 3 unspecified atom stereocenters. The van der Waals surface area contributed by atoms with Crippen molar-refractivity contribution >= 4 is 29.3 Å². The van der Waals surface area contributed by atoms with E-state index in [1.54, 1.807) is 4.90 Å². The number of carboxylic acid groups (broad SMARTS) is 1. The second-order valence-corrected chi connectivity index (χ2v) is 7.57. The van der Waals surface area contributed by atoms with Gasteiger partial charge in [0.05, 0.1) is 5.92 Å². The Morgan fingerprint density at radius 2 is 1.92 bits per heavy atom. The van der Waals surface area contributed by atoms with Crippen molar-refractivity contribution in [1.29, 1.82) is 0 Å². The summed E-state index contributed by atoms with van der Waals surface area (Å²) < 4.78 is 0. The van der Waals surface area contributed by atoms with Crippen LogP contribution in [0.15, 0.2) is 24.3 Å². The van der Waals surface area contributed by atoms with E-state index in [2.05, 4.69) is 10.2 Å². The van der Waals surface area contributed by atoms with Gasteiger partial charge >= 0.3 is 12.0 Å². The van der Waals surface area contributed by atoms with E-state index < -0.39 is 11.9 Å². The number of urea groups is 1. The van der Waals surface area contributed by atoms with Gasteiger partial charge in [0, 0.05) is 42.9 Å². The summed E-state index contributed by atoms with van der Waals surface area (Å²) in [5.74, 6) is -1.09. The van der Waals surface area contributed by atoms with Crippen LogP contribution in [0.25, 0.3) is 0 Å². The first-order chi connectivity index (χ1) is 11.9. The summed E-state index contributed by atoms with van der Waals surface area (Å²) >= 11 is 5.92. The zero-order valence-corrected chi connectivity index (χ0v) is 15.1. The van der Waals surface area contributed by atoms with Crippen LogP contribution in [0.3, 0.4) is 0 Å². The van der Waals surface area contributed by atoms with E-state index in [-0.39, 0.29) is 18.0 Å². The number of carboxylic acids is 1. The molecule has 2 fully saturated rings. The van der Waals surface area contributed by atoms with Crippen molar-refractivity contribution in [3.8, 4) is 0 Å². The van der Waals surface area contributed by atoms with Gasteiger partial charge in [0.2, 0.25) is 0 Å². The van der Waals surface area contributed by atoms with Gasteiger partial charge in [-0.2, -0.15) is 0 Å². The number of nitrogens with zero attached hydrogens (tertiary/aromatic N) is 2. The number of hydrogen-bond donors (Lipinski definition) is 2. The topological polar surface area (TPSA) is 72.9 Å². The number of carbonyl (C=O) groups excluding carboxylic acids is 1. The van der Waals surface area contributed by atoms with Crippen LogP contribution in [0, 0.1) is 11.8 Å². The van der Waals surface area contributed by atoms with Crippen LogP contribution in [-0.2, 0) is 4.79 Å². The van der Waals surface area contributed by atoms with Crippen molar-refractivity contribution in [3.05, 3.63) is 29.3 Å². The van der Waals surface area contributed by atoms with E-state index in [1.807, 2.05) is 31.2 Å². The Kier molecular flexibility index (Phi) is 5.37. The number of likely N-dealkylation sites (tertiary alicyclic amines) is 1. The monoisotopic (exact) mass is 365 g/mol. The van der Waals surface area contributed by atoms with Crippen molar-refractivity contribution in [3.63, 3.8) is 0 Å². The van der Waals surface area contributed by atoms with Gasteiger partial charge in [0.1, 0.15) is 0 Å². The lowest BCUT2D eigenvalue weighted by molar-refractivity contribution is -0.143. The van der Waals surface area contributed by atoms with Crippen LogP contribution < -0.4 is 10.2 Å². The number of halogens is 1. The van der Waals surface area contributed by atoms with E-state index in [0.717, 1.165) is 25.2 Å². The molecule has 136 valence electrons. The third kappa shape index (κ3) is 4.37. The molecule has 0 aromatic heterocycles. The largest absolute Gasteiger partial charge is 0.481 e. The average Bonchev–Trinajstić information content (AvgIpc) is 3.03. The Hall–Kier alpha value is -1.95. The lowest BCUT2D eigenvalue weighted by Gasteiger charge is -2.35. The number of benzene rings is 1. The van der Waals surface area contributed by atoms with Crippen molar-refractivity contribution in [2.24, 2.45) is 11.8 Å². The van der Waals surface area contributed by atoms with E-state index in [9.17, 15) is 14.7 Å². The predicted octanol–water partition coefficient (Wildman–Crippen LogP) is 2.67. The predicted molar refractivity (Wildman–Crippen MR) is 97.1 cm³/mol. The molecule has 0 radical (unpaired) electrons. The minimum Gasteiger partial charge on any atom is -0.481 e. The van der Waals surface area contributed by atoms with Crippen LogP contribution in [0.1, 0.15) is 19.8 Å². The molecule has 2 aliphatic rings. The second kappa shape index (κ2) is 7.52. The van der Waals surface area contributed by atoms with E-state index in [4.69, 9.17) is 11.6 Å². The fraction of sp³-hybridized carbons (Fsp3) is 0.556.